The molecule has 0 aliphatic carbocycles. The van der Waals surface area contributed by atoms with Gasteiger partial charge in [-0.2, -0.15) is 5.26 Å². The maximum atomic E-state index is 11.9. The Morgan fingerprint density at radius 3 is 2.78 bits per heavy atom. The van der Waals surface area contributed by atoms with Crippen molar-refractivity contribution in [2.45, 2.75) is 25.8 Å². The van der Waals surface area contributed by atoms with Gasteiger partial charge in [0.05, 0.1) is 12.5 Å². The van der Waals surface area contributed by atoms with E-state index in [2.05, 4.69) is 21.7 Å². The summed E-state index contributed by atoms with van der Waals surface area (Å²) in [5.74, 6) is 1.28. The minimum absolute atomic E-state index is 0.156. The lowest BCUT2D eigenvalue weighted by Crippen LogP contribution is -2.37. The van der Waals surface area contributed by atoms with Crippen LogP contribution in [-0.4, -0.2) is 17.1 Å². The van der Waals surface area contributed by atoms with Gasteiger partial charge in [0.25, 0.3) is 0 Å². The highest BCUT2D eigenvalue weighted by molar-refractivity contribution is 5.89. The first kappa shape index (κ1) is 16.3. The van der Waals surface area contributed by atoms with E-state index >= 15 is 0 Å². The van der Waals surface area contributed by atoms with Crippen molar-refractivity contribution in [2.75, 3.05) is 5.32 Å². The molecule has 0 spiro atoms. The van der Waals surface area contributed by atoms with Gasteiger partial charge in [-0.3, -0.25) is 4.98 Å². The zero-order chi connectivity index (χ0) is 16.5. The van der Waals surface area contributed by atoms with E-state index in [0.717, 1.165) is 0 Å². The van der Waals surface area contributed by atoms with Crippen molar-refractivity contribution in [3.63, 3.8) is 0 Å². The summed E-state index contributed by atoms with van der Waals surface area (Å²) in [6.45, 7) is 1.92. The minimum atomic E-state index is -0.340. The molecular formula is C17H18N4O2. The average Bonchev–Trinajstić information content (AvgIpc) is 2.55. The van der Waals surface area contributed by atoms with Crippen LogP contribution in [0.15, 0.2) is 48.8 Å². The van der Waals surface area contributed by atoms with Crippen LogP contribution < -0.4 is 15.4 Å². The maximum Gasteiger partial charge on any atom is 0.319 e. The van der Waals surface area contributed by atoms with Crippen molar-refractivity contribution >= 4 is 11.7 Å². The smallest absolute Gasteiger partial charge is 0.319 e. The SMILES string of the molecule is CC[C@@H](CC#N)NC(=O)Nc1cccc(Oc2ccncc2)c1. The molecule has 0 saturated carbocycles. The lowest BCUT2D eigenvalue weighted by molar-refractivity contribution is 0.248. The quantitative estimate of drug-likeness (QED) is 0.852. The van der Waals surface area contributed by atoms with Crippen LogP contribution in [0.2, 0.25) is 0 Å². The number of nitrogens with one attached hydrogen (secondary N) is 2. The highest BCUT2D eigenvalue weighted by Crippen LogP contribution is 2.23. The summed E-state index contributed by atoms with van der Waals surface area (Å²) < 4.78 is 5.69. The number of carbonyl (C=O) groups is 1. The van der Waals surface area contributed by atoms with Crippen LogP contribution in [-0.2, 0) is 0 Å². The van der Waals surface area contributed by atoms with Gasteiger partial charge in [0.2, 0.25) is 0 Å². The number of amides is 2. The molecule has 0 saturated heterocycles. The van der Waals surface area contributed by atoms with E-state index in [1.165, 1.54) is 0 Å². The molecule has 1 heterocycles. The molecule has 6 nitrogen and oxygen atoms in total. The third-order valence-electron chi connectivity index (χ3n) is 3.14. The number of hydrogen-bond donors (Lipinski definition) is 2. The van der Waals surface area contributed by atoms with Crippen molar-refractivity contribution in [2.24, 2.45) is 0 Å². The number of nitrogens with zero attached hydrogens (tertiary/aromatic N) is 2. The third kappa shape index (κ3) is 5.32. The molecule has 0 unspecified atom stereocenters. The summed E-state index contributed by atoms with van der Waals surface area (Å²) >= 11 is 0. The van der Waals surface area contributed by atoms with Crippen LogP contribution in [0.1, 0.15) is 19.8 Å². The number of anilines is 1. The second-order valence-corrected chi connectivity index (χ2v) is 4.88. The highest BCUT2D eigenvalue weighted by Gasteiger charge is 2.10. The van der Waals surface area contributed by atoms with E-state index in [4.69, 9.17) is 10.00 Å². The molecule has 0 aliphatic heterocycles. The van der Waals surface area contributed by atoms with Crippen LogP contribution in [0.3, 0.4) is 0 Å². The van der Waals surface area contributed by atoms with E-state index < -0.39 is 0 Å². The largest absolute Gasteiger partial charge is 0.457 e. The molecular weight excluding hydrogens is 292 g/mol. The number of aromatic nitrogens is 1. The summed E-state index contributed by atoms with van der Waals surface area (Å²) in [4.78, 5) is 15.9. The predicted octanol–water partition coefficient (Wildman–Crippen LogP) is 3.69. The second-order valence-electron chi connectivity index (χ2n) is 4.88. The molecule has 6 heteroatoms. The monoisotopic (exact) mass is 310 g/mol. The zero-order valence-corrected chi connectivity index (χ0v) is 12.8. The van der Waals surface area contributed by atoms with Crippen LogP contribution in [0.5, 0.6) is 11.5 Å². The summed E-state index contributed by atoms with van der Waals surface area (Å²) in [5.41, 5.74) is 0.612. The number of urea groups is 1. The number of carbonyl (C=O) groups excluding carboxylic acids is 1. The van der Waals surface area contributed by atoms with Gasteiger partial charge in [0.1, 0.15) is 11.5 Å². The van der Waals surface area contributed by atoms with Gasteiger partial charge in [-0.05, 0) is 30.7 Å². The lowest BCUT2D eigenvalue weighted by Gasteiger charge is -2.14. The number of ether oxygens (including phenoxy) is 1. The van der Waals surface area contributed by atoms with E-state index in [0.29, 0.717) is 23.6 Å². The van der Waals surface area contributed by atoms with E-state index in [9.17, 15) is 4.79 Å². The first-order chi connectivity index (χ1) is 11.2. The van der Waals surface area contributed by atoms with Gasteiger partial charge in [0, 0.05) is 30.2 Å². The van der Waals surface area contributed by atoms with Crippen molar-refractivity contribution in [3.05, 3.63) is 48.8 Å². The fraction of sp³-hybridized carbons (Fsp3) is 0.235. The standard InChI is InChI=1S/C17H18N4O2/c1-2-13(6-9-18)20-17(22)21-14-4-3-5-16(12-14)23-15-7-10-19-11-8-15/h3-5,7-8,10-13H,2,6H2,1H3,(H2,20,21,22)/t13-/m0/s1. The molecule has 118 valence electrons. The molecule has 0 radical (unpaired) electrons. The first-order valence-corrected chi connectivity index (χ1v) is 7.33. The van der Waals surface area contributed by atoms with Crippen LogP contribution in [0.25, 0.3) is 0 Å². The topological polar surface area (TPSA) is 87.0 Å². The van der Waals surface area contributed by atoms with Crippen LogP contribution >= 0.6 is 0 Å². The zero-order valence-electron chi connectivity index (χ0n) is 12.8. The molecule has 0 bridgehead atoms. The summed E-state index contributed by atoms with van der Waals surface area (Å²) in [7, 11) is 0. The fourth-order valence-electron chi connectivity index (χ4n) is 1.94. The van der Waals surface area contributed by atoms with Crippen molar-refractivity contribution < 1.29 is 9.53 Å². The highest BCUT2D eigenvalue weighted by atomic mass is 16.5. The number of pyridine rings is 1. The number of rotatable bonds is 6. The summed E-state index contributed by atoms with van der Waals surface area (Å²) in [6, 6.07) is 12.1. The molecule has 2 N–H and O–H groups in total. The Hall–Kier alpha value is -3.07. The summed E-state index contributed by atoms with van der Waals surface area (Å²) in [5, 5.41) is 14.2. The maximum absolute atomic E-state index is 11.9. The molecule has 1 atom stereocenters. The van der Waals surface area contributed by atoms with Gasteiger partial charge in [-0.15, -0.1) is 0 Å². The van der Waals surface area contributed by atoms with Crippen LogP contribution in [0, 0.1) is 11.3 Å². The molecule has 1 aromatic heterocycles. The van der Waals surface area contributed by atoms with Gasteiger partial charge >= 0.3 is 6.03 Å². The van der Waals surface area contributed by atoms with Crippen molar-refractivity contribution in [3.8, 4) is 17.6 Å². The Labute approximate surface area is 135 Å². The molecule has 0 aliphatic rings. The van der Waals surface area contributed by atoms with E-state index in [-0.39, 0.29) is 18.5 Å². The first-order valence-electron chi connectivity index (χ1n) is 7.33. The minimum Gasteiger partial charge on any atom is -0.457 e. The Bertz CT molecular complexity index is 682. The Morgan fingerprint density at radius 2 is 2.09 bits per heavy atom. The van der Waals surface area contributed by atoms with Gasteiger partial charge in [-0.1, -0.05) is 13.0 Å². The van der Waals surface area contributed by atoms with Gasteiger partial charge in [-0.25, -0.2) is 4.79 Å². The normalized spacial score (nSPS) is 11.1. The molecule has 2 aromatic rings. The Kier molecular flexibility index (Phi) is 5.95. The van der Waals surface area contributed by atoms with Gasteiger partial charge < -0.3 is 15.4 Å². The molecule has 0 fully saturated rings. The van der Waals surface area contributed by atoms with Crippen LogP contribution in [0.4, 0.5) is 10.5 Å². The third-order valence-corrected chi connectivity index (χ3v) is 3.14. The van der Waals surface area contributed by atoms with E-state index in [1.807, 2.05) is 6.92 Å². The molecule has 2 amide bonds. The second kappa shape index (κ2) is 8.39. The number of hydrogen-bond acceptors (Lipinski definition) is 4. The summed E-state index contributed by atoms with van der Waals surface area (Å²) in [6.07, 6.45) is 4.28. The van der Waals surface area contributed by atoms with Crippen molar-refractivity contribution in [1.82, 2.24) is 10.3 Å². The number of benzene rings is 1. The molecule has 23 heavy (non-hydrogen) atoms. The molecule has 2 rings (SSSR count). The van der Waals surface area contributed by atoms with Gasteiger partial charge in [0.15, 0.2) is 0 Å². The Morgan fingerprint density at radius 1 is 1.30 bits per heavy atom. The lowest BCUT2D eigenvalue weighted by atomic mass is 10.2. The average molecular weight is 310 g/mol. The Balaban J connectivity index is 1.97. The predicted molar refractivity (Wildman–Crippen MR) is 87.2 cm³/mol. The molecule has 1 aromatic carbocycles. The fourth-order valence-corrected chi connectivity index (χ4v) is 1.94. The van der Waals surface area contributed by atoms with E-state index in [1.54, 1.807) is 48.8 Å². The number of nitriles is 1. The van der Waals surface area contributed by atoms with Crippen molar-refractivity contribution in [1.29, 1.82) is 5.26 Å².